The highest BCUT2D eigenvalue weighted by molar-refractivity contribution is 7.96. The summed E-state index contributed by atoms with van der Waals surface area (Å²) in [6.07, 6.45) is 2.22. The van der Waals surface area contributed by atoms with E-state index in [9.17, 15) is 0 Å². The number of para-hydroxylation sites is 3. The summed E-state index contributed by atoms with van der Waals surface area (Å²) in [5.41, 5.74) is 0. The van der Waals surface area contributed by atoms with E-state index in [-0.39, 0.29) is 10.9 Å². The van der Waals surface area contributed by atoms with Crippen molar-refractivity contribution in [2.24, 2.45) is 0 Å². The zero-order chi connectivity index (χ0) is 18.8. The largest absolute Gasteiger partial charge is 0.493 e. The minimum atomic E-state index is 0.185. The number of benzene rings is 2. The average molecular weight is 379 g/mol. The Hall–Kier alpha value is -2.21. The van der Waals surface area contributed by atoms with E-state index in [4.69, 9.17) is 23.7 Å². The third kappa shape index (κ3) is 5.66. The second kappa shape index (κ2) is 10.7. The molecule has 26 heavy (non-hydrogen) atoms. The molecule has 2 aromatic carbocycles. The molecule has 0 saturated heterocycles. The first-order valence-corrected chi connectivity index (χ1v) is 10.4. The second-order valence-corrected chi connectivity index (χ2v) is 7.91. The molecule has 0 bridgehead atoms. The Morgan fingerprint density at radius 3 is 1.73 bits per heavy atom. The van der Waals surface area contributed by atoms with E-state index in [1.165, 1.54) is 0 Å². The van der Waals surface area contributed by atoms with Crippen LogP contribution in [0.4, 0.5) is 0 Å². The van der Waals surface area contributed by atoms with Gasteiger partial charge in [-0.3, -0.25) is 0 Å². The first-order valence-electron chi connectivity index (χ1n) is 8.38. The number of ether oxygens (including phenoxy) is 5. The van der Waals surface area contributed by atoms with Crippen LogP contribution in [0.25, 0.3) is 0 Å². The summed E-state index contributed by atoms with van der Waals surface area (Å²) in [7, 11) is 5.09. The minimum Gasteiger partial charge on any atom is -0.493 e. The van der Waals surface area contributed by atoms with Crippen LogP contribution in [0.5, 0.6) is 28.7 Å². The number of hydrogen-bond acceptors (Lipinski definition) is 5. The number of rotatable bonds is 11. The molecule has 5 nitrogen and oxygen atoms in total. The maximum atomic E-state index is 5.92. The van der Waals surface area contributed by atoms with Crippen molar-refractivity contribution in [1.82, 2.24) is 0 Å². The van der Waals surface area contributed by atoms with E-state index in [0.717, 1.165) is 23.0 Å². The second-order valence-electron chi connectivity index (χ2n) is 5.53. The fourth-order valence-electron chi connectivity index (χ4n) is 2.38. The average Bonchev–Trinajstić information content (AvgIpc) is 2.68. The first kappa shape index (κ1) is 20.1. The smallest absolute Gasteiger partial charge is 0.203 e. The number of hydrogen-bond donors (Lipinski definition) is 0. The lowest BCUT2D eigenvalue weighted by molar-refractivity contribution is 0.289. The van der Waals surface area contributed by atoms with Crippen LogP contribution >= 0.6 is 0 Å². The Balaban J connectivity index is 1.77. The van der Waals surface area contributed by atoms with Gasteiger partial charge in [-0.2, -0.15) is 0 Å². The molecule has 0 heterocycles. The lowest BCUT2D eigenvalue weighted by Crippen LogP contribution is -2.20. The SMILES string of the molecule is COc1ccccc1OCC[S+](C)CCOc1c(OC)cccc1OC. The van der Waals surface area contributed by atoms with E-state index >= 15 is 0 Å². The van der Waals surface area contributed by atoms with E-state index in [0.29, 0.717) is 30.5 Å². The van der Waals surface area contributed by atoms with Gasteiger partial charge in [0.25, 0.3) is 0 Å². The van der Waals surface area contributed by atoms with Gasteiger partial charge < -0.3 is 23.7 Å². The molecule has 0 radical (unpaired) electrons. The van der Waals surface area contributed by atoms with E-state index in [1.54, 1.807) is 21.3 Å². The van der Waals surface area contributed by atoms with Crippen LogP contribution < -0.4 is 23.7 Å². The Morgan fingerprint density at radius 1 is 0.654 bits per heavy atom. The molecule has 0 spiro atoms. The normalized spacial score (nSPS) is 11.5. The molecule has 142 valence electrons. The van der Waals surface area contributed by atoms with Crippen molar-refractivity contribution in [2.75, 3.05) is 52.3 Å². The molecule has 0 N–H and O–H groups in total. The van der Waals surface area contributed by atoms with Gasteiger partial charge in [-0.25, -0.2) is 0 Å². The van der Waals surface area contributed by atoms with Crippen molar-refractivity contribution in [3.05, 3.63) is 42.5 Å². The molecule has 2 aromatic rings. The predicted molar refractivity (Wildman–Crippen MR) is 107 cm³/mol. The summed E-state index contributed by atoms with van der Waals surface area (Å²) in [4.78, 5) is 0. The summed E-state index contributed by atoms with van der Waals surface area (Å²) < 4.78 is 27.7. The van der Waals surface area contributed by atoms with Crippen molar-refractivity contribution < 1.29 is 23.7 Å². The van der Waals surface area contributed by atoms with Gasteiger partial charge in [-0.05, 0) is 35.2 Å². The van der Waals surface area contributed by atoms with Crippen LogP contribution in [-0.2, 0) is 10.9 Å². The van der Waals surface area contributed by atoms with E-state index in [1.807, 2.05) is 42.5 Å². The third-order valence-corrected chi connectivity index (χ3v) is 5.55. The Morgan fingerprint density at radius 2 is 1.15 bits per heavy atom. The van der Waals surface area contributed by atoms with Crippen molar-refractivity contribution in [3.8, 4) is 28.7 Å². The van der Waals surface area contributed by atoms with Gasteiger partial charge in [0.2, 0.25) is 5.75 Å². The van der Waals surface area contributed by atoms with Gasteiger partial charge >= 0.3 is 0 Å². The number of methoxy groups -OCH3 is 3. The highest BCUT2D eigenvalue weighted by atomic mass is 32.2. The van der Waals surface area contributed by atoms with Gasteiger partial charge in [-0.1, -0.05) is 18.2 Å². The Bertz CT molecular complexity index is 655. The van der Waals surface area contributed by atoms with Crippen LogP contribution in [0.3, 0.4) is 0 Å². The maximum absolute atomic E-state index is 5.92. The zero-order valence-electron chi connectivity index (χ0n) is 15.8. The molecule has 0 fully saturated rings. The van der Waals surface area contributed by atoms with Crippen LogP contribution in [0.15, 0.2) is 42.5 Å². The highest BCUT2D eigenvalue weighted by Gasteiger charge is 2.15. The van der Waals surface area contributed by atoms with Gasteiger partial charge in [-0.15, -0.1) is 0 Å². The highest BCUT2D eigenvalue weighted by Crippen LogP contribution is 2.36. The molecule has 6 heteroatoms. The van der Waals surface area contributed by atoms with Crippen molar-refractivity contribution >= 4 is 10.9 Å². The molecule has 0 aliphatic rings. The van der Waals surface area contributed by atoms with E-state index in [2.05, 4.69) is 6.26 Å². The Kier molecular flexibility index (Phi) is 8.28. The summed E-state index contributed by atoms with van der Waals surface area (Å²) in [6, 6.07) is 13.3. The summed E-state index contributed by atoms with van der Waals surface area (Å²) in [5.74, 6) is 5.46. The van der Waals surface area contributed by atoms with Gasteiger partial charge in [0, 0.05) is 0 Å². The van der Waals surface area contributed by atoms with E-state index < -0.39 is 0 Å². The monoisotopic (exact) mass is 379 g/mol. The van der Waals surface area contributed by atoms with Crippen molar-refractivity contribution in [2.45, 2.75) is 0 Å². The van der Waals surface area contributed by atoms with Crippen LogP contribution in [0, 0.1) is 0 Å². The molecule has 0 aliphatic carbocycles. The minimum absolute atomic E-state index is 0.185. The summed E-state index contributed by atoms with van der Waals surface area (Å²) in [6.45, 7) is 1.25. The van der Waals surface area contributed by atoms with Crippen LogP contribution in [-0.4, -0.2) is 52.3 Å². The molecule has 0 aliphatic heterocycles. The fourth-order valence-corrected chi connectivity index (χ4v) is 3.32. The first-order chi connectivity index (χ1) is 12.7. The quantitative estimate of drug-likeness (QED) is 0.560. The molecular formula is C20H27O5S+. The molecule has 0 amide bonds. The lowest BCUT2D eigenvalue weighted by Gasteiger charge is -2.14. The molecule has 1 atom stereocenters. The topological polar surface area (TPSA) is 46.2 Å². The predicted octanol–water partition coefficient (Wildman–Crippen LogP) is 3.42. The van der Waals surface area contributed by atoms with Gasteiger partial charge in [0.05, 0.1) is 27.6 Å². The molecule has 1 unspecified atom stereocenters. The molecule has 2 rings (SSSR count). The molecule has 0 aromatic heterocycles. The fraction of sp³-hybridized carbons (Fsp3) is 0.400. The maximum Gasteiger partial charge on any atom is 0.203 e. The van der Waals surface area contributed by atoms with Crippen LogP contribution in [0.1, 0.15) is 0 Å². The summed E-state index contributed by atoms with van der Waals surface area (Å²) in [5, 5.41) is 0. The lowest BCUT2D eigenvalue weighted by atomic mass is 10.3. The molecular weight excluding hydrogens is 352 g/mol. The van der Waals surface area contributed by atoms with Gasteiger partial charge in [0.15, 0.2) is 23.0 Å². The van der Waals surface area contributed by atoms with Crippen LogP contribution in [0.2, 0.25) is 0 Å². The van der Waals surface area contributed by atoms with Gasteiger partial charge in [0.1, 0.15) is 24.7 Å². The summed E-state index contributed by atoms with van der Waals surface area (Å²) >= 11 is 0. The van der Waals surface area contributed by atoms with Crippen molar-refractivity contribution in [3.63, 3.8) is 0 Å². The zero-order valence-corrected chi connectivity index (χ0v) is 16.6. The third-order valence-electron chi connectivity index (χ3n) is 3.82. The Labute approximate surface area is 158 Å². The van der Waals surface area contributed by atoms with Crippen molar-refractivity contribution in [1.29, 1.82) is 0 Å². The molecule has 0 saturated carbocycles. The standard InChI is InChI=1S/C20H27O5S/c1-21-16-8-5-6-9-17(16)24-12-14-26(4)15-13-25-20-18(22-2)10-7-11-19(20)23-3/h5-11H,12-15H2,1-4H3/q+1.